The molecule has 3 aromatic rings. The zero-order valence-corrected chi connectivity index (χ0v) is 16.2. The van der Waals surface area contributed by atoms with Crippen molar-refractivity contribution >= 4 is 5.91 Å². The molecular weight excluding hydrogens is 370 g/mol. The van der Waals surface area contributed by atoms with Gasteiger partial charge in [0.25, 0.3) is 5.91 Å². The number of benzene rings is 1. The SMILES string of the molecule is CC(Oc1ccccc1)C(=O)N1CCC(Oc2ccc(-n3cccn3)nn2)CC1. The lowest BCUT2D eigenvalue weighted by Gasteiger charge is -2.33. The Morgan fingerprint density at radius 2 is 1.86 bits per heavy atom. The highest BCUT2D eigenvalue weighted by atomic mass is 16.5. The number of aromatic nitrogens is 4. The summed E-state index contributed by atoms with van der Waals surface area (Å²) in [5.74, 6) is 1.81. The lowest BCUT2D eigenvalue weighted by atomic mass is 10.1. The summed E-state index contributed by atoms with van der Waals surface area (Å²) >= 11 is 0. The second-order valence-corrected chi connectivity index (χ2v) is 6.90. The molecule has 1 atom stereocenters. The largest absolute Gasteiger partial charge is 0.481 e. The third-order valence-electron chi connectivity index (χ3n) is 4.81. The average molecular weight is 393 g/mol. The number of amides is 1. The van der Waals surface area contributed by atoms with Crippen molar-refractivity contribution in [2.45, 2.75) is 32.0 Å². The lowest BCUT2D eigenvalue weighted by Crippen LogP contribution is -2.46. The predicted octanol–water partition coefficient (Wildman–Crippen LogP) is 2.50. The van der Waals surface area contributed by atoms with Crippen molar-refractivity contribution in [1.82, 2.24) is 24.9 Å². The normalized spacial score (nSPS) is 15.7. The van der Waals surface area contributed by atoms with E-state index in [0.29, 0.717) is 30.5 Å². The minimum absolute atomic E-state index is 0.00401. The molecule has 1 saturated heterocycles. The first kappa shape index (κ1) is 18.9. The summed E-state index contributed by atoms with van der Waals surface area (Å²) in [6.45, 7) is 3.05. The van der Waals surface area contributed by atoms with Gasteiger partial charge in [-0.3, -0.25) is 4.79 Å². The summed E-state index contributed by atoms with van der Waals surface area (Å²) in [6, 6.07) is 14.8. The highest BCUT2D eigenvalue weighted by Crippen LogP contribution is 2.19. The van der Waals surface area contributed by atoms with Crippen molar-refractivity contribution in [3.8, 4) is 17.4 Å². The van der Waals surface area contributed by atoms with E-state index in [2.05, 4.69) is 15.3 Å². The number of ether oxygens (including phenoxy) is 2. The second-order valence-electron chi connectivity index (χ2n) is 6.90. The van der Waals surface area contributed by atoms with Crippen molar-refractivity contribution in [3.05, 3.63) is 60.9 Å². The van der Waals surface area contributed by atoms with Crippen LogP contribution in [0.1, 0.15) is 19.8 Å². The lowest BCUT2D eigenvalue weighted by molar-refractivity contribution is -0.139. The van der Waals surface area contributed by atoms with Gasteiger partial charge in [0.05, 0.1) is 0 Å². The highest BCUT2D eigenvalue weighted by Gasteiger charge is 2.28. The number of nitrogens with zero attached hydrogens (tertiary/aromatic N) is 5. The molecule has 3 heterocycles. The molecular formula is C21H23N5O3. The number of carbonyl (C=O) groups excluding carboxylic acids is 1. The van der Waals surface area contributed by atoms with Crippen LogP contribution in [0, 0.1) is 0 Å². The van der Waals surface area contributed by atoms with Gasteiger partial charge in [0.1, 0.15) is 11.9 Å². The van der Waals surface area contributed by atoms with Crippen molar-refractivity contribution < 1.29 is 14.3 Å². The first-order chi connectivity index (χ1) is 14.2. The van der Waals surface area contributed by atoms with Gasteiger partial charge in [-0.1, -0.05) is 18.2 Å². The molecule has 0 radical (unpaired) electrons. The fourth-order valence-corrected chi connectivity index (χ4v) is 3.28. The molecule has 8 heteroatoms. The molecule has 0 bridgehead atoms. The monoisotopic (exact) mass is 393 g/mol. The first-order valence-electron chi connectivity index (χ1n) is 9.70. The number of hydrogen-bond donors (Lipinski definition) is 0. The third kappa shape index (κ3) is 4.71. The van der Waals surface area contributed by atoms with E-state index in [9.17, 15) is 4.79 Å². The minimum Gasteiger partial charge on any atom is -0.481 e. The van der Waals surface area contributed by atoms with Gasteiger partial charge in [-0.25, -0.2) is 4.68 Å². The number of piperidine rings is 1. The van der Waals surface area contributed by atoms with Crippen LogP contribution >= 0.6 is 0 Å². The van der Waals surface area contributed by atoms with Crippen LogP contribution in [0.2, 0.25) is 0 Å². The summed E-state index contributed by atoms with van der Waals surface area (Å²) in [7, 11) is 0. The van der Waals surface area contributed by atoms with Gasteiger partial charge in [-0.15, -0.1) is 10.2 Å². The minimum atomic E-state index is -0.518. The summed E-state index contributed by atoms with van der Waals surface area (Å²) < 4.78 is 13.3. The quantitative estimate of drug-likeness (QED) is 0.640. The molecule has 0 N–H and O–H groups in total. The van der Waals surface area contributed by atoms with E-state index >= 15 is 0 Å². The van der Waals surface area contributed by atoms with Crippen molar-refractivity contribution in [3.63, 3.8) is 0 Å². The molecule has 1 aromatic carbocycles. The number of rotatable bonds is 6. The van der Waals surface area contributed by atoms with Crippen molar-refractivity contribution in [2.75, 3.05) is 13.1 Å². The summed E-state index contributed by atoms with van der Waals surface area (Å²) in [5.41, 5.74) is 0. The summed E-state index contributed by atoms with van der Waals surface area (Å²) in [6.07, 6.45) is 4.47. The topological polar surface area (TPSA) is 82.4 Å². The molecule has 2 aromatic heterocycles. The average Bonchev–Trinajstić information content (AvgIpc) is 3.30. The van der Waals surface area contributed by atoms with Gasteiger partial charge in [-0.2, -0.15) is 5.10 Å². The van der Waals surface area contributed by atoms with Crippen LogP contribution in [0.3, 0.4) is 0 Å². The predicted molar refractivity (Wildman–Crippen MR) is 106 cm³/mol. The molecule has 29 heavy (non-hydrogen) atoms. The van der Waals surface area contributed by atoms with Gasteiger partial charge in [0, 0.05) is 44.4 Å². The molecule has 1 aliphatic rings. The van der Waals surface area contributed by atoms with Crippen molar-refractivity contribution in [1.29, 1.82) is 0 Å². The molecule has 1 unspecified atom stereocenters. The van der Waals surface area contributed by atoms with E-state index in [1.807, 2.05) is 47.4 Å². The van der Waals surface area contributed by atoms with E-state index in [4.69, 9.17) is 9.47 Å². The standard InChI is InChI=1S/C21H23N5O3/c1-16(28-17-6-3-2-4-7-17)21(27)25-14-10-18(11-15-25)29-20-9-8-19(23-24-20)26-13-5-12-22-26/h2-9,12-13,16,18H,10-11,14-15H2,1H3. The zero-order chi connectivity index (χ0) is 20.1. The second kappa shape index (κ2) is 8.72. The molecule has 4 rings (SSSR count). The van der Waals surface area contributed by atoms with Crippen LogP contribution in [0.5, 0.6) is 11.6 Å². The van der Waals surface area contributed by atoms with Crippen LogP contribution in [0.25, 0.3) is 5.82 Å². The molecule has 8 nitrogen and oxygen atoms in total. The Bertz CT molecular complexity index is 907. The maximum Gasteiger partial charge on any atom is 0.263 e. The number of para-hydroxylation sites is 1. The third-order valence-corrected chi connectivity index (χ3v) is 4.81. The maximum absolute atomic E-state index is 12.6. The number of hydrogen-bond acceptors (Lipinski definition) is 6. The van der Waals surface area contributed by atoms with E-state index in [1.165, 1.54) is 0 Å². The number of likely N-dealkylation sites (tertiary alicyclic amines) is 1. The van der Waals surface area contributed by atoms with Gasteiger partial charge in [0.15, 0.2) is 11.9 Å². The van der Waals surface area contributed by atoms with E-state index in [-0.39, 0.29) is 12.0 Å². The Hall–Kier alpha value is -3.42. The summed E-state index contributed by atoms with van der Waals surface area (Å²) in [4.78, 5) is 14.5. The Kier molecular flexibility index (Phi) is 5.69. The highest BCUT2D eigenvalue weighted by molar-refractivity contribution is 5.81. The van der Waals surface area contributed by atoms with E-state index < -0.39 is 6.10 Å². The fraction of sp³-hybridized carbons (Fsp3) is 0.333. The van der Waals surface area contributed by atoms with Crippen LogP contribution in [0.15, 0.2) is 60.9 Å². The molecule has 150 valence electrons. The van der Waals surface area contributed by atoms with Gasteiger partial charge in [-0.05, 0) is 31.2 Å². The molecule has 0 saturated carbocycles. The Labute approximate surface area is 169 Å². The smallest absolute Gasteiger partial charge is 0.263 e. The van der Waals surface area contributed by atoms with Gasteiger partial charge >= 0.3 is 0 Å². The Balaban J connectivity index is 1.26. The first-order valence-corrected chi connectivity index (χ1v) is 9.70. The maximum atomic E-state index is 12.6. The molecule has 0 aliphatic carbocycles. The number of carbonyl (C=O) groups is 1. The van der Waals surface area contributed by atoms with Crippen LogP contribution in [-0.2, 0) is 4.79 Å². The van der Waals surface area contributed by atoms with Crippen molar-refractivity contribution in [2.24, 2.45) is 0 Å². The van der Waals surface area contributed by atoms with E-state index in [0.717, 1.165) is 12.8 Å². The van der Waals surface area contributed by atoms with Gasteiger partial charge < -0.3 is 14.4 Å². The van der Waals surface area contributed by atoms with E-state index in [1.54, 1.807) is 30.1 Å². The van der Waals surface area contributed by atoms with Gasteiger partial charge in [0.2, 0.25) is 5.88 Å². The molecule has 0 spiro atoms. The zero-order valence-electron chi connectivity index (χ0n) is 16.2. The van der Waals surface area contributed by atoms with Crippen LogP contribution < -0.4 is 9.47 Å². The Morgan fingerprint density at radius 3 is 2.52 bits per heavy atom. The fourth-order valence-electron chi connectivity index (χ4n) is 3.28. The Morgan fingerprint density at radius 1 is 1.07 bits per heavy atom. The molecule has 1 fully saturated rings. The van der Waals surface area contributed by atoms with Crippen LogP contribution in [-0.4, -0.2) is 56.1 Å². The summed E-state index contributed by atoms with van der Waals surface area (Å²) in [5, 5.41) is 12.4. The molecule has 1 aliphatic heterocycles. The van der Waals surface area contributed by atoms with Crippen LogP contribution in [0.4, 0.5) is 0 Å². The molecule has 1 amide bonds.